The molecule has 1 aromatic heterocycles. The fourth-order valence-corrected chi connectivity index (χ4v) is 1.97. The fourth-order valence-electron chi connectivity index (χ4n) is 1.97. The van der Waals surface area contributed by atoms with Gasteiger partial charge in [0.05, 0.1) is 0 Å². The molecule has 3 nitrogen and oxygen atoms in total. The summed E-state index contributed by atoms with van der Waals surface area (Å²) in [5.41, 5.74) is 1.43. The molecule has 1 saturated heterocycles. The fraction of sp³-hybridized carbons (Fsp3) is 0.636. The van der Waals surface area contributed by atoms with Gasteiger partial charge in [-0.25, -0.2) is 0 Å². The molecule has 0 bridgehead atoms. The Kier molecular flexibility index (Phi) is 3.22. The van der Waals surface area contributed by atoms with Crippen LogP contribution in [0.25, 0.3) is 0 Å². The molecule has 0 radical (unpaired) electrons. The van der Waals surface area contributed by atoms with Crippen molar-refractivity contribution in [1.82, 2.24) is 14.8 Å². The third kappa shape index (κ3) is 2.59. The highest BCUT2D eigenvalue weighted by molar-refractivity contribution is 5.09. The van der Waals surface area contributed by atoms with Crippen LogP contribution in [-0.2, 0) is 13.6 Å². The summed E-state index contributed by atoms with van der Waals surface area (Å²) in [6, 6.07) is 2.21. The number of aryl methyl sites for hydroxylation is 1. The zero-order valence-electron chi connectivity index (χ0n) is 8.87. The molecule has 78 valence electrons. The summed E-state index contributed by atoms with van der Waals surface area (Å²) in [5, 5.41) is 3.42. The third-order valence-corrected chi connectivity index (χ3v) is 2.73. The molecule has 0 saturated carbocycles. The first-order chi connectivity index (χ1) is 6.84. The summed E-state index contributed by atoms with van der Waals surface area (Å²) < 4.78 is 2.12. The number of hydrogen-bond donors (Lipinski definition) is 1. The van der Waals surface area contributed by atoms with Gasteiger partial charge in [-0.05, 0) is 31.1 Å². The maximum absolute atomic E-state index is 3.42. The molecule has 3 heteroatoms. The molecule has 1 N–H and O–H groups in total. The summed E-state index contributed by atoms with van der Waals surface area (Å²) in [6.07, 6.45) is 5.59. The Morgan fingerprint density at radius 2 is 2.29 bits per heavy atom. The van der Waals surface area contributed by atoms with Gasteiger partial charge in [0.15, 0.2) is 0 Å². The van der Waals surface area contributed by atoms with Crippen LogP contribution in [0.3, 0.4) is 0 Å². The predicted molar refractivity (Wildman–Crippen MR) is 58.2 cm³/mol. The molecule has 1 aromatic rings. The molecule has 2 rings (SSSR count). The van der Waals surface area contributed by atoms with E-state index in [1.807, 2.05) is 0 Å². The molecule has 1 aliphatic heterocycles. The van der Waals surface area contributed by atoms with E-state index in [4.69, 9.17) is 0 Å². The van der Waals surface area contributed by atoms with Crippen molar-refractivity contribution in [3.05, 3.63) is 24.0 Å². The third-order valence-electron chi connectivity index (χ3n) is 2.73. The average molecular weight is 193 g/mol. The van der Waals surface area contributed by atoms with E-state index in [9.17, 15) is 0 Å². The standard InChI is InChI=1S/C11H19N3/c1-13-7-3-11(9-13)10-14-6-2-4-12-5-8-14/h3,7,9,12H,2,4-6,8,10H2,1H3. The molecular weight excluding hydrogens is 174 g/mol. The molecule has 14 heavy (non-hydrogen) atoms. The van der Waals surface area contributed by atoms with Gasteiger partial charge in [-0.15, -0.1) is 0 Å². The first kappa shape index (κ1) is 9.74. The predicted octanol–water partition coefficient (Wildman–Crippen LogP) is 0.820. The maximum atomic E-state index is 3.42. The summed E-state index contributed by atoms with van der Waals surface area (Å²) >= 11 is 0. The number of hydrogen-bond acceptors (Lipinski definition) is 2. The van der Waals surface area contributed by atoms with E-state index < -0.39 is 0 Å². The van der Waals surface area contributed by atoms with Crippen LogP contribution < -0.4 is 5.32 Å². The van der Waals surface area contributed by atoms with Crippen molar-refractivity contribution in [2.75, 3.05) is 26.2 Å². The minimum Gasteiger partial charge on any atom is -0.357 e. The topological polar surface area (TPSA) is 20.2 Å². The van der Waals surface area contributed by atoms with Crippen molar-refractivity contribution in [3.63, 3.8) is 0 Å². The van der Waals surface area contributed by atoms with E-state index in [1.54, 1.807) is 0 Å². The van der Waals surface area contributed by atoms with Gasteiger partial charge in [-0.1, -0.05) is 0 Å². The summed E-state index contributed by atoms with van der Waals surface area (Å²) in [7, 11) is 2.08. The highest BCUT2D eigenvalue weighted by Crippen LogP contribution is 2.06. The lowest BCUT2D eigenvalue weighted by molar-refractivity contribution is 0.284. The molecule has 2 heterocycles. The van der Waals surface area contributed by atoms with E-state index in [-0.39, 0.29) is 0 Å². The summed E-state index contributed by atoms with van der Waals surface area (Å²) in [5.74, 6) is 0. The Bertz CT molecular complexity index is 272. The van der Waals surface area contributed by atoms with E-state index in [0.717, 1.165) is 13.1 Å². The van der Waals surface area contributed by atoms with Gasteiger partial charge in [0.25, 0.3) is 0 Å². The SMILES string of the molecule is Cn1ccc(CN2CCCNCC2)c1. The lowest BCUT2D eigenvalue weighted by atomic mass is 10.3. The van der Waals surface area contributed by atoms with Gasteiger partial charge in [0, 0.05) is 39.1 Å². The van der Waals surface area contributed by atoms with Gasteiger partial charge in [0.2, 0.25) is 0 Å². The summed E-state index contributed by atoms with van der Waals surface area (Å²) in [6.45, 7) is 5.80. The monoisotopic (exact) mass is 193 g/mol. The molecule has 1 fully saturated rings. The Balaban J connectivity index is 1.89. The smallest absolute Gasteiger partial charge is 0.0249 e. The van der Waals surface area contributed by atoms with Crippen LogP contribution in [0.1, 0.15) is 12.0 Å². The van der Waals surface area contributed by atoms with Crippen molar-refractivity contribution in [1.29, 1.82) is 0 Å². The maximum Gasteiger partial charge on any atom is 0.0249 e. The normalized spacial score (nSPS) is 19.5. The Morgan fingerprint density at radius 3 is 3.07 bits per heavy atom. The van der Waals surface area contributed by atoms with Gasteiger partial charge in [-0.2, -0.15) is 0 Å². The lowest BCUT2D eigenvalue weighted by Crippen LogP contribution is -2.27. The Labute approximate surface area is 85.7 Å². The van der Waals surface area contributed by atoms with Crippen LogP contribution in [0.2, 0.25) is 0 Å². The Hall–Kier alpha value is -0.800. The lowest BCUT2D eigenvalue weighted by Gasteiger charge is -2.18. The van der Waals surface area contributed by atoms with Gasteiger partial charge in [0.1, 0.15) is 0 Å². The van der Waals surface area contributed by atoms with Crippen LogP contribution in [0, 0.1) is 0 Å². The van der Waals surface area contributed by atoms with Gasteiger partial charge in [-0.3, -0.25) is 4.90 Å². The minimum absolute atomic E-state index is 1.10. The molecular formula is C11H19N3. The van der Waals surface area contributed by atoms with Crippen LogP contribution in [0.5, 0.6) is 0 Å². The van der Waals surface area contributed by atoms with E-state index >= 15 is 0 Å². The molecule has 0 unspecified atom stereocenters. The highest BCUT2D eigenvalue weighted by atomic mass is 15.1. The second-order valence-electron chi connectivity index (χ2n) is 4.06. The minimum atomic E-state index is 1.10. The molecule has 0 aliphatic carbocycles. The Morgan fingerprint density at radius 1 is 1.36 bits per heavy atom. The van der Waals surface area contributed by atoms with Crippen molar-refractivity contribution < 1.29 is 0 Å². The molecule has 1 aliphatic rings. The number of nitrogens with zero attached hydrogens (tertiary/aromatic N) is 2. The molecule has 0 aromatic carbocycles. The van der Waals surface area contributed by atoms with Gasteiger partial charge >= 0.3 is 0 Å². The van der Waals surface area contributed by atoms with Crippen LogP contribution in [0.15, 0.2) is 18.5 Å². The van der Waals surface area contributed by atoms with Crippen LogP contribution in [0.4, 0.5) is 0 Å². The van der Waals surface area contributed by atoms with Crippen LogP contribution >= 0.6 is 0 Å². The largest absolute Gasteiger partial charge is 0.357 e. The number of aromatic nitrogens is 1. The van der Waals surface area contributed by atoms with Crippen molar-refractivity contribution in [3.8, 4) is 0 Å². The van der Waals surface area contributed by atoms with E-state index in [1.165, 1.54) is 31.6 Å². The summed E-state index contributed by atoms with van der Waals surface area (Å²) in [4.78, 5) is 2.52. The zero-order chi connectivity index (χ0) is 9.80. The zero-order valence-corrected chi connectivity index (χ0v) is 8.87. The van der Waals surface area contributed by atoms with E-state index in [0.29, 0.717) is 0 Å². The number of nitrogens with one attached hydrogen (secondary N) is 1. The first-order valence-corrected chi connectivity index (χ1v) is 5.38. The average Bonchev–Trinajstić information content (AvgIpc) is 2.43. The van der Waals surface area contributed by atoms with Crippen LogP contribution in [-0.4, -0.2) is 35.6 Å². The second-order valence-corrected chi connectivity index (χ2v) is 4.06. The van der Waals surface area contributed by atoms with Crippen molar-refractivity contribution >= 4 is 0 Å². The molecule has 0 spiro atoms. The first-order valence-electron chi connectivity index (χ1n) is 5.38. The number of rotatable bonds is 2. The quantitative estimate of drug-likeness (QED) is 0.750. The molecule has 0 amide bonds. The second kappa shape index (κ2) is 4.62. The van der Waals surface area contributed by atoms with Crippen molar-refractivity contribution in [2.24, 2.45) is 7.05 Å². The van der Waals surface area contributed by atoms with Crippen molar-refractivity contribution in [2.45, 2.75) is 13.0 Å². The van der Waals surface area contributed by atoms with Gasteiger partial charge < -0.3 is 9.88 Å². The molecule has 0 atom stereocenters. The van der Waals surface area contributed by atoms with E-state index in [2.05, 4.69) is 40.3 Å². The highest BCUT2D eigenvalue weighted by Gasteiger charge is 2.08.